The predicted octanol–water partition coefficient (Wildman–Crippen LogP) is 1.64. The molecule has 5 nitrogen and oxygen atoms in total. The van der Waals surface area contributed by atoms with E-state index in [4.69, 9.17) is 9.26 Å². The molecule has 0 unspecified atom stereocenters. The van der Waals surface area contributed by atoms with Gasteiger partial charge in [-0.15, -0.1) is 0 Å². The Morgan fingerprint density at radius 3 is 2.59 bits per heavy atom. The quantitative estimate of drug-likeness (QED) is 0.868. The topological polar surface area (TPSA) is 60.2 Å². The first-order valence-corrected chi connectivity index (χ1v) is 6.20. The molecule has 1 N–H and O–H groups in total. The maximum Gasteiger partial charge on any atom is 0.232 e. The van der Waals surface area contributed by atoms with Crippen LogP contribution in [-0.2, 0) is 16.7 Å². The van der Waals surface area contributed by atoms with Crippen LogP contribution in [0.5, 0.6) is 0 Å². The van der Waals surface area contributed by atoms with Crippen molar-refractivity contribution in [3.8, 4) is 0 Å². The van der Waals surface area contributed by atoms with E-state index < -0.39 is 0 Å². The molecule has 0 saturated carbocycles. The molecule has 96 valence electrons. The molecule has 1 saturated heterocycles. The Hall–Kier alpha value is -0.940. The largest absolute Gasteiger partial charge is 0.381 e. The second-order valence-corrected chi connectivity index (χ2v) is 5.53. The van der Waals surface area contributed by atoms with Crippen molar-refractivity contribution in [1.29, 1.82) is 0 Å². The molecule has 0 atom stereocenters. The number of rotatable bonds is 3. The van der Waals surface area contributed by atoms with Crippen molar-refractivity contribution in [2.75, 3.05) is 13.2 Å². The molecule has 0 aliphatic carbocycles. The predicted molar refractivity (Wildman–Crippen MR) is 63.7 cm³/mol. The van der Waals surface area contributed by atoms with Gasteiger partial charge in [0, 0.05) is 24.7 Å². The van der Waals surface area contributed by atoms with E-state index in [9.17, 15) is 0 Å². The van der Waals surface area contributed by atoms with Gasteiger partial charge in [-0.3, -0.25) is 0 Å². The van der Waals surface area contributed by atoms with E-state index >= 15 is 0 Å². The highest BCUT2D eigenvalue weighted by Gasteiger charge is 2.22. The molecule has 5 heteroatoms. The lowest BCUT2D eigenvalue weighted by Gasteiger charge is -2.22. The van der Waals surface area contributed by atoms with E-state index in [1.54, 1.807) is 0 Å². The van der Waals surface area contributed by atoms with Gasteiger partial charge in [0.25, 0.3) is 0 Å². The Bertz CT molecular complexity index is 351. The highest BCUT2D eigenvalue weighted by Crippen LogP contribution is 2.19. The third kappa shape index (κ3) is 3.51. The molecule has 1 aliphatic rings. The monoisotopic (exact) mass is 239 g/mol. The molecular weight excluding hydrogens is 218 g/mol. The molecule has 17 heavy (non-hydrogen) atoms. The first-order valence-electron chi connectivity index (χ1n) is 6.20. The van der Waals surface area contributed by atoms with Crippen molar-refractivity contribution in [3.05, 3.63) is 11.7 Å². The second kappa shape index (κ2) is 5.14. The minimum atomic E-state index is -0.0794. The normalized spacial score (nSPS) is 18.5. The fraction of sp³-hybridized carbons (Fsp3) is 0.833. The SMILES string of the molecule is CC(C)(C)c1nc(CNC2CCOCC2)no1. The van der Waals surface area contributed by atoms with E-state index in [0.717, 1.165) is 31.9 Å². The van der Waals surface area contributed by atoms with Gasteiger partial charge in [0.05, 0.1) is 6.54 Å². The Morgan fingerprint density at radius 1 is 1.29 bits per heavy atom. The number of aromatic nitrogens is 2. The molecule has 1 aliphatic heterocycles. The molecule has 0 aromatic carbocycles. The Morgan fingerprint density at radius 2 is 2.00 bits per heavy atom. The van der Waals surface area contributed by atoms with Crippen molar-refractivity contribution < 1.29 is 9.26 Å². The van der Waals surface area contributed by atoms with Crippen LogP contribution in [0.4, 0.5) is 0 Å². The van der Waals surface area contributed by atoms with Crippen LogP contribution in [0.3, 0.4) is 0 Å². The Labute approximate surface area is 102 Å². The summed E-state index contributed by atoms with van der Waals surface area (Å²) in [6.45, 7) is 8.56. The number of nitrogens with one attached hydrogen (secondary N) is 1. The average Bonchev–Trinajstić information content (AvgIpc) is 2.76. The summed E-state index contributed by atoms with van der Waals surface area (Å²) in [4.78, 5) is 4.39. The summed E-state index contributed by atoms with van der Waals surface area (Å²) >= 11 is 0. The van der Waals surface area contributed by atoms with Crippen LogP contribution in [0.15, 0.2) is 4.52 Å². The standard InChI is InChI=1S/C12H21N3O2/c1-12(2,3)11-14-10(15-17-11)8-13-9-4-6-16-7-5-9/h9,13H,4-8H2,1-3H3. The van der Waals surface area contributed by atoms with Crippen molar-refractivity contribution in [1.82, 2.24) is 15.5 Å². The minimum Gasteiger partial charge on any atom is -0.381 e. The van der Waals surface area contributed by atoms with Crippen LogP contribution < -0.4 is 5.32 Å². The van der Waals surface area contributed by atoms with E-state index in [0.29, 0.717) is 18.5 Å². The van der Waals surface area contributed by atoms with Crippen LogP contribution in [0.25, 0.3) is 0 Å². The van der Waals surface area contributed by atoms with E-state index in [1.165, 1.54) is 0 Å². The number of hydrogen-bond donors (Lipinski definition) is 1. The summed E-state index contributed by atoms with van der Waals surface area (Å²) in [5.41, 5.74) is -0.0794. The summed E-state index contributed by atoms with van der Waals surface area (Å²) in [5.74, 6) is 1.43. The average molecular weight is 239 g/mol. The first kappa shape index (κ1) is 12.5. The minimum absolute atomic E-state index is 0.0794. The summed E-state index contributed by atoms with van der Waals surface area (Å²) in [6.07, 6.45) is 2.12. The molecule has 0 amide bonds. The zero-order chi connectivity index (χ0) is 12.3. The number of ether oxygens (including phenoxy) is 1. The highest BCUT2D eigenvalue weighted by atomic mass is 16.5. The maximum atomic E-state index is 5.31. The molecule has 1 aromatic rings. The van der Waals surface area contributed by atoms with Gasteiger partial charge in [-0.25, -0.2) is 0 Å². The summed E-state index contributed by atoms with van der Waals surface area (Å²) in [6, 6.07) is 0.514. The van der Waals surface area contributed by atoms with Crippen molar-refractivity contribution in [2.24, 2.45) is 0 Å². The third-order valence-electron chi connectivity index (χ3n) is 2.88. The van der Waals surface area contributed by atoms with Crippen LogP contribution in [-0.4, -0.2) is 29.4 Å². The Kier molecular flexibility index (Phi) is 3.79. The maximum absolute atomic E-state index is 5.31. The zero-order valence-corrected chi connectivity index (χ0v) is 10.8. The van der Waals surface area contributed by atoms with Gasteiger partial charge in [0.15, 0.2) is 5.82 Å². The molecule has 1 fully saturated rings. The van der Waals surface area contributed by atoms with Gasteiger partial charge >= 0.3 is 0 Å². The molecule has 0 spiro atoms. The van der Waals surface area contributed by atoms with Gasteiger partial charge < -0.3 is 14.6 Å². The van der Waals surface area contributed by atoms with E-state index in [-0.39, 0.29) is 5.41 Å². The summed E-state index contributed by atoms with van der Waals surface area (Å²) < 4.78 is 10.6. The van der Waals surface area contributed by atoms with Gasteiger partial charge in [-0.2, -0.15) is 4.98 Å². The van der Waals surface area contributed by atoms with Crippen LogP contribution in [0.1, 0.15) is 45.3 Å². The highest BCUT2D eigenvalue weighted by molar-refractivity contribution is 4.98. The third-order valence-corrected chi connectivity index (χ3v) is 2.88. The first-order chi connectivity index (χ1) is 8.05. The molecule has 0 radical (unpaired) electrons. The lowest BCUT2D eigenvalue weighted by Crippen LogP contribution is -2.34. The van der Waals surface area contributed by atoms with Crippen LogP contribution >= 0.6 is 0 Å². The van der Waals surface area contributed by atoms with Gasteiger partial charge in [0.2, 0.25) is 5.89 Å². The summed E-state index contributed by atoms with van der Waals surface area (Å²) in [5, 5.41) is 7.42. The number of nitrogens with zero attached hydrogens (tertiary/aromatic N) is 2. The van der Waals surface area contributed by atoms with E-state index in [2.05, 4.69) is 36.2 Å². The fourth-order valence-electron chi connectivity index (χ4n) is 1.77. The van der Waals surface area contributed by atoms with Crippen molar-refractivity contribution in [2.45, 2.75) is 51.6 Å². The lowest BCUT2D eigenvalue weighted by molar-refractivity contribution is 0.0774. The molecule has 0 bridgehead atoms. The van der Waals surface area contributed by atoms with Crippen molar-refractivity contribution in [3.63, 3.8) is 0 Å². The zero-order valence-electron chi connectivity index (χ0n) is 10.8. The molecule has 2 rings (SSSR count). The van der Waals surface area contributed by atoms with Crippen LogP contribution in [0, 0.1) is 0 Å². The van der Waals surface area contributed by atoms with Crippen LogP contribution in [0.2, 0.25) is 0 Å². The summed E-state index contributed by atoms with van der Waals surface area (Å²) in [7, 11) is 0. The van der Waals surface area contributed by atoms with Gasteiger partial charge in [-0.1, -0.05) is 25.9 Å². The Balaban J connectivity index is 1.84. The molecule has 1 aromatic heterocycles. The molecule has 2 heterocycles. The number of hydrogen-bond acceptors (Lipinski definition) is 5. The van der Waals surface area contributed by atoms with E-state index in [1.807, 2.05) is 0 Å². The fourth-order valence-corrected chi connectivity index (χ4v) is 1.77. The smallest absolute Gasteiger partial charge is 0.232 e. The van der Waals surface area contributed by atoms with Gasteiger partial charge in [-0.05, 0) is 12.8 Å². The van der Waals surface area contributed by atoms with Crippen molar-refractivity contribution >= 4 is 0 Å². The molecular formula is C12H21N3O2. The second-order valence-electron chi connectivity index (χ2n) is 5.53. The lowest BCUT2D eigenvalue weighted by atomic mass is 9.97. The van der Waals surface area contributed by atoms with Gasteiger partial charge in [0.1, 0.15) is 0 Å².